The lowest BCUT2D eigenvalue weighted by Crippen LogP contribution is -2.20. The molecule has 0 bridgehead atoms. The summed E-state index contributed by atoms with van der Waals surface area (Å²) in [6.45, 7) is 0. The van der Waals surface area contributed by atoms with Crippen LogP contribution in [-0.2, 0) is 4.79 Å². The van der Waals surface area contributed by atoms with Gasteiger partial charge in [-0.05, 0) is 41.0 Å². The molecule has 0 spiro atoms. The molecule has 0 saturated carbocycles. The van der Waals surface area contributed by atoms with E-state index in [1.54, 1.807) is 28.9 Å². The molecular formula is C26H19FN6O3. The van der Waals surface area contributed by atoms with Crippen molar-refractivity contribution in [2.24, 2.45) is 0 Å². The number of non-ortho nitro benzene ring substituents is 1. The Labute approximate surface area is 204 Å². The van der Waals surface area contributed by atoms with Crippen LogP contribution in [0.5, 0.6) is 0 Å². The number of hydrogen-bond acceptors (Lipinski definition) is 6. The highest BCUT2D eigenvalue weighted by Gasteiger charge is 2.25. The maximum atomic E-state index is 13.5. The molecule has 4 aromatic rings. The lowest BCUT2D eigenvalue weighted by molar-refractivity contribution is -0.384. The zero-order valence-corrected chi connectivity index (χ0v) is 18.7. The number of anilines is 2. The summed E-state index contributed by atoms with van der Waals surface area (Å²) in [4.78, 5) is 27.4. The number of nitrogens with zero attached hydrogens (tertiary/aromatic N) is 4. The number of benzene rings is 3. The van der Waals surface area contributed by atoms with Crippen molar-refractivity contribution in [2.45, 2.75) is 6.04 Å². The molecule has 3 aromatic carbocycles. The molecule has 1 amide bonds. The SMILES string of the molecule is O=C(/C=C/c1cccc([N+](=O)[O-])c1)Nc1nc2n(n1)[C@@H](c1ccc(F)cc1)C=C(c1ccccc1)N2. The fourth-order valence-electron chi connectivity index (χ4n) is 3.80. The Kier molecular flexibility index (Phi) is 6.06. The van der Waals surface area contributed by atoms with Gasteiger partial charge in [-0.2, -0.15) is 4.98 Å². The third-order valence-electron chi connectivity index (χ3n) is 5.51. The van der Waals surface area contributed by atoms with E-state index >= 15 is 0 Å². The number of nitro benzene ring substituents is 1. The zero-order chi connectivity index (χ0) is 25.1. The fraction of sp³-hybridized carbons (Fsp3) is 0.0385. The normalized spacial score (nSPS) is 14.6. The number of amides is 1. The molecule has 2 heterocycles. The van der Waals surface area contributed by atoms with Gasteiger partial charge in [0.25, 0.3) is 17.5 Å². The van der Waals surface area contributed by atoms with Crippen LogP contribution in [0.3, 0.4) is 0 Å². The molecule has 2 N–H and O–H groups in total. The van der Waals surface area contributed by atoms with E-state index in [2.05, 4.69) is 20.7 Å². The number of carbonyl (C=O) groups excluding carboxylic acids is 1. The first kappa shape index (κ1) is 22.7. The van der Waals surface area contributed by atoms with Crippen molar-refractivity contribution < 1.29 is 14.1 Å². The highest BCUT2D eigenvalue weighted by Crippen LogP contribution is 2.33. The molecule has 0 aliphatic carbocycles. The van der Waals surface area contributed by atoms with E-state index < -0.39 is 16.9 Å². The number of halogens is 1. The van der Waals surface area contributed by atoms with Crippen LogP contribution in [0.25, 0.3) is 11.8 Å². The highest BCUT2D eigenvalue weighted by molar-refractivity contribution is 6.01. The first-order chi connectivity index (χ1) is 17.5. The number of fused-ring (bicyclic) bond motifs is 1. The highest BCUT2D eigenvalue weighted by atomic mass is 19.1. The molecule has 0 saturated heterocycles. The van der Waals surface area contributed by atoms with Crippen LogP contribution < -0.4 is 10.6 Å². The van der Waals surface area contributed by atoms with Crippen molar-refractivity contribution in [3.05, 3.63) is 124 Å². The number of allylic oxidation sites excluding steroid dienone is 1. The minimum absolute atomic E-state index is 0.0689. The van der Waals surface area contributed by atoms with E-state index in [0.29, 0.717) is 11.5 Å². The predicted octanol–water partition coefficient (Wildman–Crippen LogP) is 5.03. The molecule has 5 rings (SSSR count). The number of aromatic nitrogens is 3. The molecule has 1 aliphatic rings. The summed E-state index contributed by atoms with van der Waals surface area (Å²) in [6.07, 6.45) is 4.67. The van der Waals surface area contributed by atoms with Crippen LogP contribution in [0.2, 0.25) is 0 Å². The van der Waals surface area contributed by atoms with E-state index in [1.165, 1.54) is 36.4 Å². The molecule has 10 heteroatoms. The van der Waals surface area contributed by atoms with Crippen LogP contribution in [0.15, 0.2) is 91.0 Å². The van der Waals surface area contributed by atoms with Crippen molar-refractivity contribution in [1.82, 2.24) is 14.8 Å². The van der Waals surface area contributed by atoms with Crippen LogP contribution >= 0.6 is 0 Å². The van der Waals surface area contributed by atoms with Crippen molar-refractivity contribution in [3.63, 3.8) is 0 Å². The quantitative estimate of drug-likeness (QED) is 0.226. The van der Waals surface area contributed by atoms with Gasteiger partial charge in [-0.3, -0.25) is 20.2 Å². The second-order valence-electron chi connectivity index (χ2n) is 7.95. The van der Waals surface area contributed by atoms with Gasteiger partial charge in [0.15, 0.2) is 0 Å². The second-order valence-corrected chi connectivity index (χ2v) is 7.95. The number of hydrogen-bond donors (Lipinski definition) is 2. The van der Waals surface area contributed by atoms with Gasteiger partial charge in [0, 0.05) is 23.9 Å². The molecule has 1 aromatic heterocycles. The summed E-state index contributed by atoms with van der Waals surface area (Å²) in [7, 11) is 0. The Hall–Kier alpha value is -5.12. The molecular weight excluding hydrogens is 463 g/mol. The van der Waals surface area contributed by atoms with E-state index in [4.69, 9.17) is 0 Å². The second kappa shape index (κ2) is 9.63. The van der Waals surface area contributed by atoms with E-state index in [0.717, 1.165) is 16.8 Å². The van der Waals surface area contributed by atoms with Gasteiger partial charge in [0.05, 0.1) is 4.92 Å². The van der Waals surface area contributed by atoms with Gasteiger partial charge in [0.2, 0.25) is 5.95 Å². The van der Waals surface area contributed by atoms with Gasteiger partial charge >= 0.3 is 0 Å². The summed E-state index contributed by atoms with van der Waals surface area (Å²) in [6, 6.07) is 21.3. The third kappa shape index (κ3) is 4.87. The molecule has 1 atom stereocenters. The number of rotatable bonds is 6. The smallest absolute Gasteiger partial charge is 0.270 e. The van der Waals surface area contributed by atoms with Crippen molar-refractivity contribution in [3.8, 4) is 0 Å². The maximum absolute atomic E-state index is 13.5. The largest absolute Gasteiger partial charge is 0.324 e. The van der Waals surface area contributed by atoms with E-state index in [9.17, 15) is 19.3 Å². The van der Waals surface area contributed by atoms with Crippen molar-refractivity contribution >= 4 is 35.3 Å². The van der Waals surface area contributed by atoms with Crippen LogP contribution in [0.1, 0.15) is 22.7 Å². The Morgan fingerprint density at radius 1 is 1.08 bits per heavy atom. The lowest BCUT2D eigenvalue weighted by atomic mass is 10.0. The van der Waals surface area contributed by atoms with Gasteiger partial charge in [-0.15, -0.1) is 5.10 Å². The average molecular weight is 482 g/mol. The fourth-order valence-corrected chi connectivity index (χ4v) is 3.80. The summed E-state index contributed by atoms with van der Waals surface area (Å²) in [5.74, 6) is -0.370. The minimum atomic E-state index is -0.501. The predicted molar refractivity (Wildman–Crippen MR) is 133 cm³/mol. The first-order valence-electron chi connectivity index (χ1n) is 11.0. The van der Waals surface area contributed by atoms with Crippen LogP contribution in [-0.4, -0.2) is 25.6 Å². The standard InChI is InChI=1S/C26H19FN6O3/c27-20-12-10-19(11-13-20)23-16-22(18-6-2-1-3-7-18)28-26-30-25(31-32(23)26)29-24(34)14-9-17-5-4-8-21(15-17)33(35)36/h1-16,23H,(H2,28,29,30,31,34)/b14-9+/t23-/m1/s1. The van der Waals surface area contributed by atoms with E-state index in [-0.39, 0.29) is 17.5 Å². The zero-order valence-electron chi connectivity index (χ0n) is 18.7. The molecule has 1 aliphatic heterocycles. The van der Waals surface area contributed by atoms with E-state index in [1.807, 2.05) is 36.4 Å². The maximum Gasteiger partial charge on any atom is 0.270 e. The molecule has 9 nitrogen and oxygen atoms in total. The lowest BCUT2D eigenvalue weighted by Gasteiger charge is -2.24. The topological polar surface area (TPSA) is 115 Å². The Balaban J connectivity index is 1.40. The number of nitro groups is 1. The molecule has 0 radical (unpaired) electrons. The van der Waals surface area contributed by atoms with Crippen molar-refractivity contribution in [2.75, 3.05) is 10.6 Å². The van der Waals surface area contributed by atoms with Crippen molar-refractivity contribution in [1.29, 1.82) is 0 Å². The van der Waals surface area contributed by atoms with Gasteiger partial charge in [-0.1, -0.05) is 54.6 Å². The number of carbonyl (C=O) groups is 1. The summed E-state index contributed by atoms with van der Waals surface area (Å²) in [5.41, 5.74) is 2.96. The molecule has 178 valence electrons. The summed E-state index contributed by atoms with van der Waals surface area (Å²) >= 11 is 0. The van der Waals surface area contributed by atoms with Crippen LogP contribution in [0, 0.1) is 15.9 Å². The Bertz CT molecular complexity index is 1500. The molecule has 0 fully saturated rings. The Morgan fingerprint density at radius 2 is 1.86 bits per heavy atom. The molecule has 0 unspecified atom stereocenters. The summed E-state index contributed by atoms with van der Waals surface area (Å²) in [5, 5.41) is 21.2. The molecule has 36 heavy (non-hydrogen) atoms. The van der Waals surface area contributed by atoms with Gasteiger partial charge in [0.1, 0.15) is 11.9 Å². The summed E-state index contributed by atoms with van der Waals surface area (Å²) < 4.78 is 15.2. The first-order valence-corrected chi connectivity index (χ1v) is 11.0. The van der Waals surface area contributed by atoms with Crippen LogP contribution in [0.4, 0.5) is 22.0 Å². The minimum Gasteiger partial charge on any atom is -0.324 e. The number of nitrogens with one attached hydrogen (secondary N) is 2. The van der Waals surface area contributed by atoms with Gasteiger partial charge < -0.3 is 5.32 Å². The third-order valence-corrected chi connectivity index (χ3v) is 5.51. The average Bonchev–Trinajstić information content (AvgIpc) is 3.30. The monoisotopic (exact) mass is 482 g/mol. The Morgan fingerprint density at radius 3 is 2.61 bits per heavy atom. The van der Waals surface area contributed by atoms with Gasteiger partial charge in [-0.25, -0.2) is 9.07 Å².